The number of hydrogen-bond donors (Lipinski definition) is 0. The zero-order valence-electron chi connectivity index (χ0n) is 11.2. The lowest BCUT2D eigenvalue weighted by molar-refractivity contribution is -0.137. The lowest BCUT2D eigenvalue weighted by Gasteiger charge is -2.09. The Balaban J connectivity index is 2.24. The molecule has 3 rings (SSSR count). The predicted octanol–water partition coefficient (Wildman–Crippen LogP) is 4.07. The van der Waals surface area contributed by atoms with Gasteiger partial charge >= 0.3 is 6.18 Å². The van der Waals surface area contributed by atoms with Gasteiger partial charge in [-0.2, -0.15) is 18.3 Å². The Labute approximate surface area is 128 Å². The fraction of sp³-hybridized carbons (Fsp3) is 0.143. The van der Waals surface area contributed by atoms with E-state index in [1.54, 1.807) is 13.0 Å². The number of rotatable bonds is 1. The van der Waals surface area contributed by atoms with Crippen molar-refractivity contribution in [3.8, 4) is 11.4 Å². The highest BCUT2D eigenvalue weighted by Crippen LogP contribution is 2.32. The zero-order valence-corrected chi connectivity index (χ0v) is 11.9. The van der Waals surface area contributed by atoms with Crippen molar-refractivity contribution < 1.29 is 13.2 Å². The van der Waals surface area contributed by atoms with Crippen LogP contribution in [0.4, 0.5) is 13.2 Å². The third-order valence-electron chi connectivity index (χ3n) is 3.10. The minimum Gasteiger partial charge on any atom is -0.241 e. The van der Waals surface area contributed by atoms with Gasteiger partial charge < -0.3 is 0 Å². The first kappa shape index (κ1) is 14.6. The second-order valence-electron chi connectivity index (χ2n) is 4.63. The van der Waals surface area contributed by atoms with Gasteiger partial charge in [-0.1, -0.05) is 11.6 Å². The molecule has 22 heavy (non-hydrogen) atoms. The Morgan fingerprint density at radius 2 is 1.77 bits per heavy atom. The van der Waals surface area contributed by atoms with Crippen LogP contribution < -0.4 is 0 Å². The third-order valence-corrected chi connectivity index (χ3v) is 3.36. The van der Waals surface area contributed by atoms with Gasteiger partial charge in [0.25, 0.3) is 0 Å². The lowest BCUT2D eigenvalue weighted by Crippen LogP contribution is -2.05. The first-order valence-electron chi connectivity index (χ1n) is 6.19. The maximum atomic E-state index is 12.8. The molecule has 0 amide bonds. The highest BCUT2D eigenvalue weighted by atomic mass is 35.5. The third kappa shape index (κ3) is 2.59. The first-order chi connectivity index (χ1) is 10.4. The molecule has 0 bridgehead atoms. The molecular weight excluding hydrogens is 317 g/mol. The van der Waals surface area contributed by atoms with Crippen molar-refractivity contribution in [2.24, 2.45) is 0 Å². The van der Waals surface area contributed by atoms with Crippen LogP contribution in [0.1, 0.15) is 11.1 Å². The molecule has 4 nitrogen and oxygen atoms in total. The number of alkyl halides is 3. The summed E-state index contributed by atoms with van der Waals surface area (Å²) in [6, 6.07) is 4.83. The Morgan fingerprint density at radius 1 is 1.00 bits per heavy atom. The fourth-order valence-electron chi connectivity index (χ4n) is 1.99. The molecule has 0 aliphatic carbocycles. The average molecular weight is 325 g/mol. The van der Waals surface area contributed by atoms with Crippen LogP contribution in [0.3, 0.4) is 0 Å². The molecule has 8 heteroatoms. The van der Waals surface area contributed by atoms with E-state index in [0.717, 1.165) is 17.7 Å². The van der Waals surface area contributed by atoms with Crippen LogP contribution in [0.5, 0.6) is 0 Å². The molecule has 0 N–H and O–H groups in total. The molecule has 0 saturated heterocycles. The summed E-state index contributed by atoms with van der Waals surface area (Å²) in [5.74, 6) is 0. The maximum Gasteiger partial charge on any atom is 0.416 e. The minimum atomic E-state index is -4.45. The summed E-state index contributed by atoms with van der Waals surface area (Å²) in [6.07, 6.45) is -2.94. The molecule has 0 radical (unpaired) electrons. The summed E-state index contributed by atoms with van der Waals surface area (Å²) < 4.78 is 38.4. The standard InChI is InChI=1S/C14H8ClF3N4/c1-7-4-5-19-22-11(7)12-13(15)21-9-3-2-8(14(16,17)18)6-10(9)20-12/h2-6H,1H3. The van der Waals surface area contributed by atoms with Gasteiger partial charge in [-0.05, 0) is 36.8 Å². The predicted molar refractivity (Wildman–Crippen MR) is 75.3 cm³/mol. The summed E-state index contributed by atoms with van der Waals surface area (Å²) in [5, 5.41) is 7.74. The first-order valence-corrected chi connectivity index (χ1v) is 6.57. The second kappa shape index (κ2) is 5.17. The molecule has 2 aromatic heterocycles. The number of hydrogen-bond acceptors (Lipinski definition) is 4. The van der Waals surface area contributed by atoms with Gasteiger partial charge in [0.2, 0.25) is 0 Å². The van der Waals surface area contributed by atoms with Gasteiger partial charge in [0.1, 0.15) is 11.4 Å². The van der Waals surface area contributed by atoms with E-state index in [1.807, 2.05) is 0 Å². The minimum absolute atomic E-state index is 0.0656. The van der Waals surface area contributed by atoms with E-state index >= 15 is 0 Å². The van der Waals surface area contributed by atoms with E-state index in [0.29, 0.717) is 5.69 Å². The fourth-order valence-corrected chi connectivity index (χ4v) is 2.21. The molecule has 0 aliphatic rings. The van der Waals surface area contributed by atoms with Crippen LogP contribution in [0.25, 0.3) is 22.4 Å². The maximum absolute atomic E-state index is 12.8. The van der Waals surface area contributed by atoms with E-state index in [1.165, 1.54) is 12.3 Å². The van der Waals surface area contributed by atoms with Crippen LogP contribution in [-0.4, -0.2) is 20.2 Å². The Kier molecular flexibility index (Phi) is 3.44. The number of nitrogens with zero attached hydrogens (tertiary/aromatic N) is 4. The Morgan fingerprint density at radius 3 is 2.45 bits per heavy atom. The number of aryl methyl sites for hydroxylation is 1. The van der Waals surface area contributed by atoms with E-state index in [4.69, 9.17) is 11.6 Å². The Bertz CT molecular complexity index is 864. The van der Waals surface area contributed by atoms with Crippen molar-refractivity contribution in [3.05, 3.63) is 46.7 Å². The summed E-state index contributed by atoms with van der Waals surface area (Å²) in [4.78, 5) is 8.27. The monoisotopic (exact) mass is 324 g/mol. The molecule has 0 spiro atoms. The van der Waals surface area contributed by atoms with Crippen LogP contribution in [0, 0.1) is 6.92 Å². The van der Waals surface area contributed by atoms with Crippen molar-refractivity contribution in [1.82, 2.24) is 20.2 Å². The van der Waals surface area contributed by atoms with Gasteiger partial charge in [0.15, 0.2) is 5.15 Å². The summed E-state index contributed by atoms with van der Waals surface area (Å²) in [5.41, 5.74) is 0.928. The molecule has 0 atom stereocenters. The van der Waals surface area contributed by atoms with Gasteiger partial charge in [-0.3, -0.25) is 0 Å². The molecule has 1 aromatic carbocycles. The van der Waals surface area contributed by atoms with E-state index < -0.39 is 11.7 Å². The smallest absolute Gasteiger partial charge is 0.241 e. The van der Waals surface area contributed by atoms with Gasteiger partial charge in [0.05, 0.1) is 16.6 Å². The summed E-state index contributed by atoms with van der Waals surface area (Å²) in [7, 11) is 0. The van der Waals surface area contributed by atoms with Crippen molar-refractivity contribution >= 4 is 22.6 Å². The van der Waals surface area contributed by atoms with E-state index in [-0.39, 0.29) is 21.9 Å². The van der Waals surface area contributed by atoms with Gasteiger partial charge in [0, 0.05) is 6.20 Å². The second-order valence-corrected chi connectivity index (χ2v) is 4.99. The molecule has 2 heterocycles. The van der Waals surface area contributed by atoms with E-state index in [9.17, 15) is 13.2 Å². The highest BCUT2D eigenvalue weighted by molar-refractivity contribution is 6.32. The number of fused-ring (bicyclic) bond motifs is 1. The van der Waals surface area contributed by atoms with E-state index in [2.05, 4.69) is 20.2 Å². The Hall–Kier alpha value is -2.28. The molecule has 0 fully saturated rings. The lowest BCUT2D eigenvalue weighted by atomic mass is 10.1. The van der Waals surface area contributed by atoms with Crippen LogP contribution in [0.2, 0.25) is 5.15 Å². The van der Waals surface area contributed by atoms with Crippen LogP contribution in [-0.2, 0) is 6.18 Å². The number of benzene rings is 1. The van der Waals surface area contributed by atoms with Crippen molar-refractivity contribution in [1.29, 1.82) is 0 Å². The summed E-state index contributed by atoms with van der Waals surface area (Å²) in [6.45, 7) is 1.78. The number of aromatic nitrogens is 4. The zero-order chi connectivity index (χ0) is 15.9. The van der Waals surface area contributed by atoms with Crippen molar-refractivity contribution in [3.63, 3.8) is 0 Å². The quantitative estimate of drug-likeness (QED) is 0.677. The summed E-state index contributed by atoms with van der Waals surface area (Å²) >= 11 is 6.08. The molecule has 3 aromatic rings. The topological polar surface area (TPSA) is 51.6 Å². The normalized spacial score (nSPS) is 11.9. The van der Waals surface area contributed by atoms with Gasteiger partial charge in [-0.15, -0.1) is 5.10 Å². The SMILES string of the molecule is Cc1ccnnc1-c1nc2cc(C(F)(F)F)ccc2nc1Cl. The molecular formula is C14H8ClF3N4. The van der Waals surface area contributed by atoms with Crippen molar-refractivity contribution in [2.45, 2.75) is 13.1 Å². The molecule has 0 aliphatic heterocycles. The largest absolute Gasteiger partial charge is 0.416 e. The van der Waals surface area contributed by atoms with Crippen molar-refractivity contribution in [2.75, 3.05) is 0 Å². The highest BCUT2D eigenvalue weighted by Gasteiger charge is 2.30. The molecule has 112 valence electrons. The van der Waals surface area contributed by atoms with Gasteiger partial charge in [-0.25, -0.2) is 9.97 Å². The van der Waals surface area contributed by atoms with Crippen LogP contribution in [0.15, 0.2) is 30.5 Å². The molecule has 0 unspecified atom stereocenters. The molecule has 0 saturated carbocycles. The average Bonchev–Trinajstić information content (AvgIpc) is 2.46. The number of halogens is 4. The van der Waals surface area contributed by atoms with Crippen LogP contribution >= 0.6 is 11.6 Å².